The van der Waals surface area contributed by atoms with Crippen molar-refractivity contribution < 1.29 is 0 Å². The average molecular weight is 726 g/mol. The number of fused-ring (bicyclic) bond motifs is 3. The fourth-order valence-electron chi connectivity index (χ4n) is 9.02. The van der Waals surface area contributed by atoms with Crippen molar-refractivity contribution in [3.05, 3.63) is 235 Å². The zero-order valence-corrected chi connectivity index (χ0v) is 31.0. The van der Waals surface area contributed by atoms with Crippen LogP contribution in [0.4, 0.5) is 0 Å². The Bertz CT molecular complexity index is 3080. The molecule has 0 radical (unpaired) electrons. The fourth-order valence-corrected chi connectivity index (χ4v) is 9.02. The number of nitrogens with zero attached hydrogens (tertiary/aromatic N) is 3. The first kappa shape index (κ1) is 32.9. The van der Waals surface area contributed by atoms with Gasteiger partial charge in [-0.25, -0.2) is 15.0 Å². The van der Waals surface area contributed by atoms with Crippen LogP contribution in [-0.2, 0) is 5.41 Å². The minimum Gasteiger partial charge on any atom is -0.248 e. The van der Waals surface area contributed by atoms with E-state index < -0.39 is 5.41 Å². The molecule has 57 heavy (non-hydrogen) atoms. The average Bonchev–Trinajstić information content (AvgIpc) is 3.30. The lowest BCUT2D eigenvalue weighted by Gasteiger charge is -2.42. The monoisotopic (exact) mass is 725 g/mol. The molecule has 0 unspecified atom stereocenters. The summed E-state index contributed by atoms with van der Waals surface area (Å²) < 4.78 is 0. The van der Waals surface area contributed by atoms with Gasteiger partial charge in [-0.1, -0.05) is 176 Å². The second kappa shape index (κ2) is 13.4. The Balaban J connectivity index is 1.07. The molecule has 0 aliphatic heterocycles. The molecule has 2 aromatic heterocycles. The van der Waals surface area contributed by atoms with Crippen molar-refractivity contribution in [2.75, 3.05) is 0 Å². The highest BCUT2D eigenvalue weighted by atomic mass is 14.8. The summed E-state index contributed by atoms with van der Waals surface area (Å²) in [7, 11) is 0. The summed E-state index contributed by atoms with van der Waals surface area (Å²) in [5.41, 5.74) is 17.7. The summed E-state index contributed by atoms with van der Waals surface area (Å²) in [4.78, 5) is 15.7. The predicted octanol–water partition coefficient (Wildman–Crippen LogP) is 13.2. The Morgan fingerprint density at radius 2 is 0.772 bits per heavy atom. The van der Waals surface area contributed by atoms with E-state index in [9.17, 15) is 0 Å². The molecule has 1 aliphatic carbocycles. The van der Waals surface area contributed by atoms with E-state index in [0.717, 1.165) is 61.4 Å². The number of pyridine rings is 1. The molecule has 0 bridgehead atoms. The molecule has 266 valence electrons. The van der Waals surface area contributed by atoms with Crippen LogP contribution in [0.3, 0.4) is 0 Å². The molecule has 0 N–H and O–H groups in total. The lowest BCUT2D eigenvalue weighted by atomic mass is 9.60. The maximum atomic E-state index is 5.43. The number of para-hydroxylation sites is 2. The van der Waals surface area contributed by atoms with Gasteiger partial charge in [0.15, 0.2) is 0 Å². The maximum Gasteiger partial charge on any atom is 0.0973 e. The molecule has 10 aromatic rings. The van der Waals surface area contributed by atoms with Crippen LogP contribution in [0.15, 0.2) is 212 Å². The van der Waals surface area contributed by atoms with E-state index in [-0.39, 0.29) is 0 Å². The van der Waals surface area contributed by atoms with Gasteiger partial charge >= 0.3 is 0 Å². The summed E-state index contributed by atoms with van der Waals surface area (Å²) in [6, 6.07) is 75.6. The summed E-state index contributed by atoms with van der Waals surface area (Å²) in [6.07, 6.45) is 0. The topological polar surface area (TPSA) is 38.7 Å². The van der Waals surface area contributed by atoms with Crippen LogP contribution in [-0.4, -0.2) is 15.0 Å². The molecule has 11 rings (SSSR count). The van der Waals surface area contributed by atoms with E-state index >= 15 is 0 Å². The lowest BCUT2D eigenvalue weighted by Crippen LogP contribution is -2.33. The molecule has 8 aromatic carbocycles. The van der Waals surface area contributed by atoms with E-state index in [4.69, 9.17) is 15.0 Å². The summed E-state index contributed by atoms with van der Waals surface area (Å²) in [5, 5.41) is 1.20. The second-order valence-electron chi connectivity index (χ2n) is 14.7. The normalized spacial score (nSPS) is 12.7. The number of rotatable bonds is 6. The Labute approximate surface area is 331 Å². The van der Waals surface area contributed by atoms with Crippen LogP contribution >= 0.6 is 0 Å². The number of aromatic nitrogens is 3. The SMILES string of the molecule is c1ccc(-c2nc3ccccc3nc2-c2cccc(-c3cccc(-c4cc5c6c(cccc6n4)C(c4ccccc4)(c4ccccc4)c4ccccc4-5)c3)c2)cc1. The molecule has 0 atom stereocenters. The van der Waals surface area contributed by atoms with Gasteiger partial charge in [0.25, 0.3) is 0 Å². The van der Waals surface area contributed by atoms with Crippen LogP contribution < -0.4 is 0 Å². The molecule has 0 saturated heterocycles. The van der Waals surface area contributed by atoms with Gasteiger partial charge in [0.1, 0.15) is 0 Å². The maximum absolute atomic E-state index is 5.43. The Morgan fingerprint density at radius 3 is 1.46 bits per heavy atom. The Hall–Kier alpha value is -7.49. The van der Waals surface area contributed by atoms with Crippen molar-refractivity contribution in [2.45, 2.75) is 5.41 Å². The van der Waals surface area contributed by atoms with Crippen molar-refractivity contribution in [1.82, 2.24) is 15.0 Å². The third-order valence-electron chi connectivity index (χ3n) is 11.5. The van der Waals surface area contributed by atoms with Gasteiger partial charge in [-0.2, -0.15) is 0 Å². The standard InChI is InChI=1S/C54H35N3/c1-4-17-36(18-5-1)52-53(57-48-31-13-12-30-47(48)56-52)40-22-15-20-38(34-40)37-19-14-21-39(33-37)50-35-44-43-27-10-11-28-45(43)54(41-23-6-2-7-24-41,42-25-8-3-9-26-42)46-29-16-32-49(55-50)51(44)46/h1-35H. The van der Waals surface area contributed by atoms with E-state index in [1.807, 2.05) is 30.3 Å². The van der Waals surface area contributed by atoms with Crippen molar-refractivity contribution in [3.8, 4) is 56.0 Å². The molecule has 2 heterocycles. The molecule has 0 fully saturated rings. The summed E-state index contributed by atoms with van der Waals surface area (Å²) in [6.45, 7) is 0. The third-order valence-corrected chi connectivity index (χ3v) is 11.5. The minimum atomic E-state index is -0.504. The predicted molar refractivity (Wildman–Crippen MR) is 234 cm³/mol. The molecule has 0 amide bonds. The van der Waals surface area contributed by atoms with Gasteiger partial charge in [-0.15, -0.1) is 0 Å². The summed E-state index contributed by atoms with van der Waals surface area (Å²) >= 11 is 0. The smallest absolute Gasteiger partial charge is 0.0973 e. The zero-order chi connectivity index (χ0) is 37.8. The molecular formula is C54H35N3. The van der Waals surface area contributed by atoms with Crippen molar-refractivity contribution in [1.29, 1.82) is 0 Å². The van der Waals surface area contributed by atoms with Crippen LogP contribution in [0.1, 0.15) is 22.3 Å². The number of hydrogen-bond acceptors (Lipinski definition) is 3. The molecular weight excluding hydrogens is 691 g/mol. The van der Waals surface area contributed by atoms with E-state index in [1.165, 1.54) is 38.8 Å². The zero-order valence-electron chi connectivity index (χ0n) is 31.0. The van der Waals surface area contributed by atoms with Crippen LogP contribution in [0.5, 0.6) is 0 Å². The van der Waals surface area contributed by atoms with Crippen LogP contribution in [0.25, 0.3) is 78.0 Å². The first-order chi connectivity index (χ1) is 28.3. The van der Waals surface area contributed by atoms with E-state index in [2.05, 4.69) is 182 Å². The lowest BCUT2D eigenvalue weighted by molar-refractivity contribution is 0.749. The van der Waals surface area contributed by atoms with Crippen molar-refractivity contribution >= 4 is 21.9 Å². The molecule has 1 aliphatic rings. The second-order valence-corrected chi connectivity index (χ2v) is 14.7. The Morgan fingerprint density at radius 1 is 0.298 bits per heavy atom. The largest absolute Gasteiger partial charge is 0.248 e. The van der Waals surface area contributed by atoms with Crippen LogP contribution in [0.2, 0.25) is 0 Å². The van der Waals surface area contributed by atoms with Gasteiger partial charge in [0.2, 0.25) is 0 Å². The highest BCUT2D eigenvalue weighted by Gasteiger charge is 2.44. The number of benzene rings is 8. The van der Waals surface area contributed by atoms with Gasteiger partial charge in [-0.3, -0.25) is 0 Å². The first-order valence-electron chi connectivity index (χ1n) is 19.4. The van der Waals surface area contributed by atoms with Crippen molar-refractivity contribution in [3.63, 3.8) is 0 Å². The molecule has 3 nitrogen and oxygen atoms in total. The van der Waals surface area contributed by atoms with Crippen LogP contribution in [0, 0.1) is 0 Å². The highest BCUT2D eigenvalue weighted by Crippen LogP contribution is 2.55. The van der Waals surface area contributed by atoms with Gasteiger partial charge in [0, 0.05) is 22.1 Å². The van der Waals surface area contributed by atoms with E-state index in [0.29, 0.717) is 0 Å². The Kier molecular flexibility index (Phi) is 7.71. The molecule has 0 saturated carbocycles. The molecule has 0 spiro atoms. The van der Waals surface area contributed by atoms with Gasteiger partial charge in [-0.05, 0) is 80.9 Å². The van der Waals surface area contributed by atoms with Gasteiger partial charge < -0.3 is 0 Å². The fraction of sp³-hybridized carbons (Fsp3) is 0.0185. The van der Waals surface area contributed by atoms with E-state index in [1.54, 1.807) is 0 Å². The highest BCUT2D eigenvalue weighted by molar-refractivity contribution is 6.05. The minimum absolute atomic E-state index is 0.504. The summed E-state index contributed by atoms with van der Waals surface area (Å²) in [5.74, 6) is 0. The first-order valence-corrected chi connectivity index (χ1v) is 19.4. The van der Waals surface area contributed by atoms with Crippen molar-refractivity contribution in [2.24, 2.45) is 0 Å². The third kappa shape index (κ3) is 5.32. The number of hydrogen-bond donors (Lipinski definition) is 0. The molecule has 3 heteroatoms. The quantitative estimate of drug-likeness (QED) is 0.171. The van der Waals surface area contributed by atoms with Gasteiger partial charge in [0.05, 0.1) is 39.0 Å².